The molecule has 218 valence electrons. The van der Waals surface area contributed by atoms with Crippen LogP contribution in [-0.2, 0) is 4.79 Å². The minimum atomic E-state index is -0.653. The van der Waals surface area contributed by atoms with E-state index in [0.29, 0.717) is 6.42 Å². The maximum Gasteiger partial charge on any atom is 1.00 e. The van der Waals surface area contributed by atoms with Gasteiger partial charge in [0.15, 0.2) is 0 Å². The molecule has 1 N–H and O–H groups in total. The number of hydrogen-bond acceptors (Lipinski definition) is 1. The molecule has 37 heavy (non-hydrogen) atoms. The van der Waals surface area contributed by atoms with Crippen LogP contribution >= 0.6 is 0 Å². The zero-order valence-electron chi connectivity index (χ0n) is 26.3. The van der Waals surface area contributed by atoms with Gasteiger partial charge >= 0.3 is 35.5 Å². The first kappa shape index (κ1) is 41.9. The number of unbranched alkanes of at least 4 members (excludes halogenated alkanes) is 27. The maximum atomic E-state index is 10.3. The number of carboxylic acids is 1. The Morgan fingerprint density at radius 1 is 0.432 bits per heavy atom. The van der Waals surface area contributed by atoms with Crippen LogP contribution in [0.1, 0.15) is 206 Å². The molecule has 0 spiro atoms. The Kier molecular flexibility index (Phi) is 46.4. The molecule has 0 radical (unpaired) electrons. The van der Waals surface area contributed by atoms with Gasteiger partial charge in [0, 0.05) is 6.42 Å². The minimum absolute atomic E-state index is 0. The number of hydrogen-bond donors (Lipinski definition) is 1. The fraction of sp³-hybridized carbons (Fsp3) is 0.941. The molecule has 0 aliphatic carbocycles. The second-order valence-corrected chi connectivity index (χ2v) is 11.2. The molecule has 2 nitrogen and oxygen atoms in total. The summed E-state index contributed by atoms with van der Waals surface area (Å²) in [5.74, 6) is -0.653. The normalized spacial score (nSPS) is 10.6. The van der Waals surface area contributed by atoms with Gasteiger partial charge < -0.3 is 12.0 Å². The maximum absolute atomic E-state index is 10.3. The second-order valence-electron chi connectivity index (χ2n) is 11.2. The zero-order chi connectivity index (χ0) is 26.8. The van der Waals surface area contributed by atoms with E-state index in [1.54, 1.807) is 0 Å². The molecule has 0 saturated carbocycles. The first-order valence-corrected chi connectivity index (χ1v) is 16.7. The Bertz CT molecular complexity index is 372. The van der Waals surface area contributed by atoms with Gasteiger partial charge in [0.2, 0.25) is 0 Å². The molecule has 0 aromatic rings. The van der Waals surface area contributed by atoms with Gasteiger partial charge in [-0.1, -0.05) is 187 Å². The van der Waals surface area contributed by atoms with Crippen LogP contribution in [0, 0.1) is 6.92 Å². The molecule has 0 atom stereocenters. The molecule has 0 heterocycles. The molecule has 0 bridgehead atoms. The van der Waals surface area contributed by atoms with Gasteiger partial charge in [-0.15, -0.1) is 0 Å². The van der Waals surface area contributed by atoms with E-state index in [4.69, 9.17) is 5.11 Å². The zero-order valence-corrected chi connectivity index (χ0v) is 28.3. The first-order chi connectivity index (χ1) is 17.7. The summed E-state index contributed by atoms with van der Waals surface area (Å²) in [4.78, 5) is 10.3. The van der Waals surface area contributed by atoms with Crippen molar-refractivity contribution in [2.75, 3.05) is 0 Å². The Morgan fingerprint density at radius 2 is 0.649 bits per heavy atom. The molecule has 0 aromatic heterocycles. The average molecular weight is 533 g/mol. The van der Waals surface area contributed by atoms with Crippen LogP contribution in [0.25, 0.3) is 0 Å². The summed E-state index contributed by atoms with van der Waals surface area (Å²) >= 11 is 0. The van der Waals surface area contributed by atoms with Gasteiger partial charge in [-0.05, 0) is 6.42 Å². The summed E-state index contributed by atoms with van der Waals surface area (Å²) in [7, 11) is 0. The van der Waals surface area contributed by atoms with Crippen LogP contribution in [0.3, 0.4) is 0 Å². The third kappa shape index (κ3) is 46.7. The van der Waals surface area contributed by atoms with E-state index in [1.165, 1.54) is 167 Å². The Morgan fingerprint density at radius 3 is 0.865 bits per heavy atom. The van der Waals surface area contributed by atoms with Gasteiger partial charge in [-0.2, -0.15) is 6.42 Å². The van der Waals surface area contributed by atoms with E-state index in [1.807, 2.05) is 0 Å². The summed E-state index contributed by atoms with van der Waals surface area (Å²) in [5, 5.41) is 8.52. The van der Waals surface area contributed by atoms with Gasteiger partial charge in [-0.25, -0.2) is 0 Å². The quantitative estimate of drug-likeness (QED) is 0.0591. The van der Waals surface area contributed by atoms with Crippen molar-refractivity contribution < 1.29 is 39.5 Å². The van der Waals surface area contributed by atoms with Crippen LogP contribution in [0.5, 0.6) is 0 Å². The predicted molar refractivity (Wildman–Crippen MR) is 163 cm³/mol. The van der Waals surface area contributed by atoms with Crippen LogP contribution in [0.15, 0.2) is 0 Å². The number of carbonyl (C=O) groups is 1. The van der Waals surface area contributed by atoms with Crippen molar-refractivity contribution in [3.8, 4) is 0 Å². The van der Waals surface area contributed by atoms with Gasteiger partial charge in [0.05, 0.1) is 0 Å². The fourth-order valence-corrected chi connectivity index (χ4v) is 4.84. The summed E-state index contributed by atoms with van der Waals surface area (Å²) in [5.41, 5.74) is 0. The van der Waals surface area contributed by atoms with Crippen molar-refractivity contribution in [2.45, 2.75) is 206 Å². The molecule has 0 saturated heterocycles. The third-order valence-corrected chi connectivity index (χ3v) is 7.35. The largest absolute Gasteiger partial charge is 1.00 e. The number of aliphatic carboxylic acids is 1. The molecule has 0 unspecified atom stereocenters. The van der Waals surface area contributed by atoms with Gasteiger partial charge in [0.25, 0.3) is 0 Å². The second kappa shape index (κ2) is 41.0. The van der Waals surface area contributed by atoms with E-state index in [-0.39, 0.29) is 29.6 Å². The summed E-state index contributed by atoms with van der Waals surface area (Å²) < 4.78 is 0. The Labute approximate surface area is 257 Å². The molecule has 0 aliphatic heterocycles. The predicted octanol–water partition coefficient (Wildman–Crippen LogP) is 9.64. The Balaban J connectivity index is -0.000000623. The van der Waals surface area contributed by atoms with Crippen molar-refractivity contribution >= 4 is 5.97 Å². The number of carboxylic acid groups (broad SMARTS) is 1. The van der Waals surface area contributed by atoms with E-state index in [2.05, 4.69) is 20.8 Å². The van der Waals surface area contributed by atoms with Crippen LogP contribution in [0.4, 0.5) is 0 Å². The SMILES string of the molecule is CCCCCCCCCCCCCCCCCC(=O)O.[CH2-]CCCCCCCCCCCCCCC.[Na+]. The number of rotatable bonds is 29. The first-order valence-electron chi connectivity index (χ1n) is 16.7. The van der Waals surface area contributed by atoms with Gasteiger partial charge in [-0.3, -0.25) is 4.79 Å². The molecule has 0 aromatic carbocycles. The van der Waals surface area contributed by atoms with Gasteiger partial charge in [0.1, 0.15) is 0 Å². The van der Waals surface area contributed by atoms with E-state index in [0.717, 1.165) is 19.3 Å². The van der Waals surface area contributed by atoms with E-state index < -0.39 is 5.97 Å². The van der Waals surface area contributed by atoms with Crippen molar-refractivity contribution in [1.29, 1.82) is 0 Å². The van der Waals surface area contributed by atoms with Crippen molar-refractivity contribution in [1.82, 2.24) is 0 Å². The third-order valence-electron chi connectivity index (χ3n) is 7.35. The molecule has 0 fully saturated rings. The van der Waals surface area contributed by atoms with Crippen LogP contribution in [-0.4, -0.2) is 11.1 Å². The summed E-state index contributed by atoms with van der Waals surface area (Å²) in [6.45, 7) is 8.43. The van der Waals surface area contributed by atoms with Crippen molar-refractivity contribution in [3.05, 3.63) is 6.92 Å². The van der Waals surface area contributed by atoms with Crippen LogP contribution < -0.4 is 29.6 Å². The molecule has 0 rings (SSSR count). The summed E-state index contributed by atoms with van der Waals surface area (Å²) in [6.07, 6.45) is 40.0. The molecular weight excluding hydrogens is 463 g/mol. The summed E-state index contributed by atoms with van der Waals surface area (Å²) in [6, 6.07) is 0. The van der Waals surface area contributed by atoms with Crippen molar-refractivity contribution in [2.24, 2.45) is 0 Å². The smallest absolute Gasteiger partial charge is 0.481 e. The molecule has 0 aliphatic rings. The van der Waals surface area contributed by atoms with E-state index >= 15 is 0 Å². The van der Waals surface area contributed by atoms with Crippen LogP contribution in [0.2, 0.25) is 0 Å². The minimum Gasteiger partial charge on any atom is -0.481 e. The molecule has 0 amide bonds. The average Bonchev–Trinajstić information content (AvgIpc) is 2.87. The molecular formula is C34H69NaO2. The van der Waals surface area contributed by atoms with Crippen molar-refractivity contribution in [3.63, 3.8) is 0 Å². The Hall–Kier alpha value is 0.470. The standard InChI is InChI=1S/C18H36O2.C16H33.Na/c1-2-3-4-5-6-7-8-9-10-11-12-13-14-15-16-17-18(19)20;1-3-5-7-9-11-13-15-16-14-12-10-8-6-4-2;/h2-17H2,1H3,(H,19,20);1,3-16H2,2H3;/q;-1;+1. The van der Waals surface area contributed by atoms with E-state index in [9.17, 15) is 4.79 Å². The monoisotopic (exact) mass is 533 g/mol. The molecule has 3 heteroatoms. The fourth-order valence-electron chi connectivity index (χ4n) is 4.84. The topological polar surface area (TPSA) is 37.3 Å².